The van der Waals surface area contributed by atoms with Crippen molar-refractivity contribution in [3.05, 3.63) is 23.9 Å². The SMILES string of the molecule is CCC1(C)CCN(c2ccc(CCN)cn2)CC1. The lowest BCUT2D eigenvalue weighted by atomic mass is 9.78. The molecular weight excluding hydrogens is 222 g/mol. The zero-order valence-electron chi connectivity index (χ0n) is 11.7. The maximum atomic E-state index is 5.55. The molecule has 0 unspecified atom stereocenters. The first-order valence-corrected chi connectivity index (χ1v) is 7.07. The highest BCUT2D eigenvalue weighted by Gasteiger charge is 2.28. The van der Waals surface area contributed by atoms with E-state index in [9.17, 15) is 0 Å². The van der Waals surface area contributed by atoms with Crippen LogP contribution in [0.15, 0.2) is 18.3 Å². The van der Waals surface area contributed by atoms with Gasteiger partial charge in [-0.15, -0.1) is 0 Å². The Hall–Kier alpha value is -1.09. The Morgan fingerprint density at radius 2 is 2.06 bits per heavy atom. The molecule has 0 radical (unpaired) electrons. The van der Waals surface area contributed by atoms with Crippen molar-refractivity contribution in [3.63, 3.8) is 0 Å². The van der Waals surface area contributed by atoms with E-state index >= 15 is 0 Å². The lowest BCUT2D eigenvalue weighted by molar-refractivity contribution is 0.238. The van der Waals surface area contributed by atoms with Crippen LogP contribution in [0.1, 0.15) is 38.7 Å². The highest BCUT2D eigenvalue weighted by Crippen LogP contribution is 2.35. The normalized spacial score (nSPS) is 18.9. The number of aromatic nitrogens is 1. The van der Waals surface area contributed by atoms with Crippen molar-refractivity contribution >= 4 is 5.82 Å². The first-order valence-electron chi connectivity index (χ1n) is 7.07. The van der Waals surface area contributed by atoms with Gasteiger partial charge in [0.15, 0.2) is 0 Å². The summed E-state index contributed by atoms with van der Waals surface area (Å²) < 4.78 is 0. The molecule has 3 nitrogen and oxygen atoms in total. The van der Waals surface area contributed by atoms with Gasteiger partial charge in [-0.3, -0.25) is 0 Å². The minimum atomic E-state index is 0.538. The van der Waals surface area contributed by atoms with Crippen molar-refractivity contribution in [1.29, 1.82) is 0 Å². The van der Waals surface area contributed by atoms with Gasteiger partial charge < -0.3 is 10.6 Å². The van der Waals surface area contributed by atoms with Gasteiger partial charge in [0.2, 0.25) is 0 Å². The van der Waals surface area contributed by atoms with Gasteiger partial charge in [-0.1, -0.05) is 26.3 Å². The third-order valence-corrected chi connectivity index (χ3v) is 4.39. The second kappa shape index (κ2) is 5.70. The number of pyridine rings is 1. The van der Waals surface area contributed by atoms with Gasteiger partial charge in [-0.25, -0.2) is 4.98 Å². The quantitative estimate of drug-likeness (QED) is 0.889. The van der Waals surface area contributed by atoms with Crippen LogP contribution in [-0.2, 0) is 6.42 Å². The van der Waals surface area contributed by atoms with Gasteiger partial charge in [0.05, 0.1) is 0 Å². The van der Waals surface area contributed by atoms with E-state index in [1.165, 1.54) is 24.8 Å². The monoisotopic (exact) mass is 247 g/mol. The van der Waals surface area contributed by atoms with Crippen LogP contribution in [0.25, 0.3) is 0 Å². The number of anilines is 1. The summed E-state index contributed by atoms with van der Waals surface area (Å²) in [5, 5.41) is 0. The maximum absolute atomic E-state index is 5.55. The highest BCUT2D eigenvalue weighted by atomic mass is 15.2. The molecule has 2 N–H and O–H groups in total. The molecule has 1 aromatic rings. The van der Waals surface area contributed by atoms with E-state index in [0.717, 1.165) is 25.3 Å². The van der Waals surface area contributed by atoms with Crippen LogP contribution < -0.4 is 10.6 Å². The number of rotatable bonds is 4. The fourth-order valence-corrected chi connectivity index (χ4v) is 2.55. The molecule has 0 amide bonds. The van der Waals surface area contributed by atoms with Gasteiger partial charge in [0.1, 0.15) is 5.82 Å². The molecule has 2 rings (SSSR count). The molecule has 3 heteroatoms. The predicted molar refractivity (Wildman–Crippen MR) is 76.8 cm³/mol. The van der Waals surface area contributed by atoms with Crippen LogP contribution in [0.2, 0.25) is 0 Å². The molecule has 100 valence electrons. The van der Waals surface area contributed by atoms with E-state index in [2.05, 4.69) is 35.9 Å². The van der Waals surface area contributed by atoms with Gasteiger partial charge in [0, 0.05) is 19.3 Å². The molecule has 0 spiro atoms. The molecule has 1 fully saturated rings. The summed E-state index contributed by atoms with van der Waals surface area (Å²) in [6.45, 7) is 7.67. The molecule has 0 saturated carbocycles. The fraction of sp³-hybridized carbons (Fsp3) is 0.667. The largest absolute Gasteiger partial charge is 0.357 e. The average molecular weight is 247 g/mol. The van der Waals surface area contributed by atoms with Crippen molar-refractivity contribution in [3.8, 4) is 0 Å². The molecule has 1 aromatic heterocycles. The second-order valence-corrected chi connectivity index (χ2v) is 5.71. The summed E-state index contributed by atoms with van der Waals surface area (Å²) in [6.07, 6.45) is 6.71. The summed E-state index contributed by atoms with van der Waals surface area (Å²) in [6, 6.07) is 4.29. The van der Waals surface area contributed by atoms with Crippen LogP contribution in [0, 0.1) is 5.41 Å². The van der Waals surface area contributed by atoms with Crippen LogP contribution in [0.5, 0.6) is 0 Å². The smallest absolute Gasteiger partial charge is 0.128 e. The van der Waals surface area contributed by atoms with E-state index in [0.29, 0.717) is 12.0 Å². The predicted octanol–water partition coefficient (Wildman–Crippen LogP) is 2.60. The molecule has 0 aromatic carbocycles. The molecular formula is C15H25N3. The Kier molecular flexibility index (Phi) is 4.23. The van der Waals surface area contributed by atoms with Crippen molar-refractivity contribution in [2.75, 3.05) is 24.5 Å². The molecule has 1 aliphatic rings. The van der Waals surface area contributed by atoms with E-state index in [1.807, 2.05) is 6.20 Å². The second-order valence-electron chi connectivity index (χ2n) is 5.71. The third kappa shape index (κ3) is 3.02. The third-order valence-electron chi connectivity index (χ3n) is 4.39. The van der Waals surface area contributed by atoms with Crippen LogP contribution in [0.4, 0.5) is 5.82 Å². The zero-order valence-corrected chi connectivity index (χ0v) is 11.7. The van der Waals surface area contributed by atoms with Gasteiger partial charge in [-0.2, -0.15) is 0 Å². The fourth-order valence-electron chi connectivity index (χ4n) is 2.55. The Morgan fingerprint density at radius 1 is 1.33 bits per heavy atom. The van der Waals surface area contributed by atoms with Crippen molar-refractivity contribution in [1.82, 2.24) is 4.98 Å². The summed E-state index contributed by atoms with van der Waals surface area (Å²) in [5.74, 6) is 1.12. The summed E-state index contributed by atoms with van der Waals surface area (Å²) in [4.78, 5) is 6.97. The maximum Gasteiger partial charge on any atom is 0.128 e. The van der Waals surface area contributed by atoms with Gasteiger partial charge in [0.25, 0.3) is 0 Å². The van der Waals surface area contributed by atoms with E-state index in [-0.39, 0.29) is 0 Å². The minimum Gasteiger partial charge on any atom is -0.357 e. The lowest BCUT2D eigenvalue weighted by Crippen LogP contribution is -2.38. The van der Waals surface area contributed by atoms with Crippen molar-refractivity contribution in [2.24, 2.45) is 11.1 Å². The summed E-state index contributed by atoms with van der Waals surface area (Å²) in [5.41, 5.74) is 7.32. The molecule has 0 bridgehead atoms. The Bertz CT molecular complexity index is 364. The highest BCUT2D eigenvalue weighted by molar-refractivity contribution is 5.40. The molecule has 0 aliphatic carbocycles. The number of hydrogen-bond acceptors (Lipinski definition) is 3. The number of piperidine rings is 1. The zero-order chi connectivity index (χ0) is 13.0. The van der Waals surface area contributed by atoms with E-state index < -0.39 is 0 Å². The van der Waals surface area contributed by atoms with Crippen molar-refractivity contribution in [2.45, 2.75) is 39.5 Å². The van der Waals surface area contributed by atoms with E-state index in [4.69, 9.17) is 5.73 Å². The molecule has 1 saturated heterocycles. The van der Waals surface area contributed by atoms with Crippen LogP contribution in [0.3, 0.4) is 0 Å². The summed E-state index contributed by atoms with van der Waals surface area (Å²) in [7, 11) is 0. The number of hydrogen-bond donors (Lipinski definition) is 1. The Labute approximate surface area is 110 Å². The van der Waals surface area contributed by atoms with E-state index in [1.54, 1.807) is 0 Å². The van der Waals surface area contributed by atoms with Crippen molar-refractivity contribution < 1.29 is 0 Å². The molecule has 0 atom stereocenters. The molecule has 1 aliphatic heterocycles. The first kappa shape index (κ1) is 13.3. The molecule has 2 heterocycles. The Balaban J connectivity index is 1.97. The van der Waals surface area contributed by atoms with Crippen LogP contribution >= 0.6 is 0 Å². The standard InChI is InChI=1S/C15H25N3/c1-3-15(2)7-10-18(11-8-15)14-5-4-13(6-9-16)12-17-14/h4-5,12H,3,6-11,16H2,1-2H3. The minimum absolute atomic E-state index is 0.538. The first-order chi connectivity index (χ1) is 8.67. The molecule has 18 heavy (non-hydrogen) atoms. The average Bonchev–Trinajstić information content (AvgIpc) is 2.41. The summed E-state index contributed by atoms with van der Waals surface area (Å²) >= 11 is 0. The number of nitrogens with zero attached hydrogens (tertiary/aromatic N) is 2. The topological polar surface area (TPSA) is 42.1 Å². The Morgan fingerprint density at radius 3 is 2.56 bits per heavy atom. The lowest BCUT2D eigenvalue weighted by Gasteiger charge is -2.39. The van der Waals surface area contributed by atoms with Gasteiger partial charge >= 0.3 is 0 Å². The van der Waals surface area contributed by atoms with Gasteiger partial charge in [-0.05, 0) is 42.9 Å². The number of nitrogens with two attached hydrogens (primary N) is 1. The van der Waals surface area contributed by atoms with Crippen LogP contribution in [-0.4, -0.2) is 24.6 Å².